The van der Waals surface area contributed by atoms with Crippen LogP contribution in [-0.4, -0.2) is 15.9 Å². The second-order valence-corrected chi connectivity index (χ2v) is 4.75. The summed E-state index contributed by atoms with van der Waals surface area (Å²) in [4.78, 5) is 22.3. The Bertz CT molecular complexity index is 688. The van der Waals surface area contributed by atoms with Crippen molar-refractivity contribution < 1.29 is 14.8 Å². The molecule has 2 rings (SSSR count). The quantitative estimate of drug-likeness (QED) is 0.510. The number of nitro benzene ring substituents is 1. The standard InChI is InChI=1S/C13H9BrN2O4/c14-10-4-2-1-3-9(10)13(18)15-11-6-5-8(17)7-12(11)16(19)20/h1-7,17H,(H,15,18). The van der Waals surface area contributed by atoms with E-state index in [0.717, 1.165) is 6.07 Å². The van der Waals surface area contributed by atoms with Crippen LogP contribution in [0.15, 0.2) is 46.9 Å². The number of hydrogen-bond donors (Lipinski definition) is 2. The Kier molecular flexibility index (Phi) is 3.99. The van der Waals surface area contributed by atoms with E-state index in [1.807, 2.05) is 0 Å². The molecule has 0 fully saturated rings. The summed E-state index contributed by atoms with van der Waals surface area (Å²) >= 11 is 3.23. The molecule has 0 radical (unpaired) electrons. The van der Waals surface area contributed by atoms with E-state index in [0.29, 0.717) is 10.0 Å². The molecule has 0 spiro atoms. The number of anilines is 1. The van der Waals surface area contributed by atoms with Crippen LogP contribution in [0.1, 0.15) is 10.4 Å². The molecule has 0 aromatic heterocycles. The van der Waals surface area contributed by atoms with E-state index in [2.05, 4.69) is 21.2 Å². The summed E-state index contributed by atoms with van der Waals surface area (Å²) in [6.07, 6.45) is 0. The van der Waals surface area contributed by atoms with Crippen LogP contribution < -0.4 is 5.32 Å². The topological polar surface area (TPSA) is 92.5 Å². The molecule has 7 heteroatoms. The third kappa shape index (κ3) is 2.94. The molecular formula is C13H9BrN2O4. The molecule has 0 aliphatic heterocycles. The zero-order valence-corrected chi connectivity index (χ0v) is 11.6. The number of benzene rings is 2. The molecule has 2 N–H and O–H groups in total. The summed E-state index contributed by atoms with van der Waals surface area (Å²) in [5.41, 5.74) is 0.00818. The van der Waals surface area contributed by atoms with Gasteiger partial charge in [0.2, 0.25) is 0 Å². The first-order chi connectivity index (χ1) is 9.49. The number of carbonyl (C=O) groups excluding carboxylic acids is 1. The summed E-state index contributed by atoms with van der Waals surface area (Å²) in [5, 5.41) is 22.6. The third-order valence-electron chi connectivity index (χ3n) is 2.54. The van der Waals surface area contributed by atoms with Crippen LogP contribution in [0.2, 0.25) is 0 Å². The largest absolute Gasteiger partial charge is 0.508 e. The molecule has 20 heavy (non-hydrogen) atoms. The van der Waals surface area contributed by atoms with Gasteiger partial charge in [-0.25, -0.2) is 0 Å². The zero-order valence-electron chi connectivity index (χ0n) is 10.0. The fourth-order valence-electron chi connectivity index (χ4n) is 1.61. The molecule has 0 heterocycles. The van der Waals surface area contributed by atoms with Crippen LogP contribution in [0.5, 0.6) is 5.75 Å². The maximum Gasteiger partial charge on any atom is 0.296 e. The van der Waals surface area contributed by atoms with Crippen molar-refractivity contribution in [3.8, 4) is 5.75 Å². The number of halogens is 1. The van der Waals surface area contributed by atoms with E-state index in [1.165, 1.54) is 12.1 Å². The lowest BCUT2D eigenvalue weighted by Gasteiger charge is -2.07. The number of amides is 1. The van der Waals surface area contributed by atoms with Crippen LogP contribution in [-0.2, 0) is 0 Å². The lowest BCUT2D eigenvalue weighted by atomic mass is 10.2. The van der Waals surface area contributed by atoms with Crippen LogP contribution in [0, 0.1) is 10.1 Å². The fraction of sp³-hybridized carbons (Fsp3) is 0. The molecule has 0 aliphatic rings. The lowest BCUT2D eigenvalue weighted by molar-refractivity contribution is -0.384. The van der Waals surface area contributed by atoms with Crippen molar-refractivity contribution in [3.63, 3.8) is 0 Å². The number of carbonyl (C=O) groups is 1. The molecule has 2 aromatic rings. The van der Waals surface area contributed by atoms with E-state index in [9.17, 15) is 20.0 Å². The van der Waals surface area contributed by atoms with Crippen molar-refractivity contribution in [2.24, 2.45) is 0 Å². The fourth-order valence-corrected chi connectivity index (χ4v) is 2.08. The van der Waals surface area contributed by atoms with Crippen molar-refractivity contribution in [3.05, 3.63) is 62.6 Å². The highest BCUT2D eigenvalue weighted by molar-refractivity contribution is 9.10. The van der Waals surface area contributed by atoms with Crippen LogP contribution in [0.25, 0.3) is 0 Å². The minimum absolute atomic E-state index is 0.0218. The molecule has 0 unspecified atom stereocenters. The Morgan fingerprint density at radius 3 is 2.60 bits per heavy atom. The predicted octanol–water partition coefficient (Wildman–Crippen LogP) is 3.32. The van der Waals surface area contributed by atoms with E-state index in [-0.39, 0.29) is 17.1 Å². The summed E-state index contributed by atoms with van der Waals surface area (Å²) in [5.74, 6) is -0.721. The Morgan fingerprint density at radius 1 is 1.25 bits per heavy atom. The van der Waals surface area contributed by atoms with E-state index < -0.39 is 10.8 Å². The molecule has 0 aliphatic carbocycles. The summed E-state index contributed by atoms with van der Waals surface area (Å²) in [6.45, 7) is 0. The molecule has 102 valence electrons. The van der Waals surface area contributed by atoms with Gasteiger partial charge >= 0.3 is 0 Å². The number of phenols is 1. The van der Waals surface area contributed by atoms with Gasteiger partial charge in [0.1, 0.15) is 11.4 Å². The van der Waals surface area contributed by atoms with Gasteiger partial charge in [-0.1, -0.05) is 12.1 Å². The Balaban J connectivity index is 2.33. The Labute approximate surface area is 122 Å². The van der Waals surface area contributed by atoms with Crippen LogP contribution >= 0.6 is 15.9 Å². The molecule has 0 saturated carbocycles. The van der Waals surface area contributed by atoms with E-state index >= 15 is 0 Å². The van der Waals surface area contributed by atoms with Crippen molar-refractivity contribution >= 4 is 33.2 Å². The second-order valence-electron chi connectivity index (χ2n) is 3.89. The molecular weight excluding hydrogens is 328 g/mol. The highest BCUT2D eigenvalue weighted by Crippen LogP contribution is 2.29. The van der Waals surface area contributed by atoms with Crippen molar-refractivity contribution in [1.29, 1.82) is 0 Å². The lowest BCUT2D eigenvalue weighted by Crippen LogP contribution is -2.13. The minimum atomic E-state index is -0.671. The van der Waals surface area contributed by atoms with Crippen molar-refractivity contribution in [2.75, 3.05) is 5.32 Å². The second kappa shape index (κ2) is 5.70. The summed E-state index contributed by atoms with van der Waals surface area (Å²) < 4.78 is 0.582. The number of nitro groups is 1. The third-order valence-corrected chi connectivity index (χ3v) is 3.24. The van der Waals surface area contributed by atoms with Gasteiger partial charge in [-0.05, 0) is 40.2 Å². The summed E-state index contributed by atoms with van der Waals surface area (Å²) in [7, 11) is 0. The van der Waals surface area contributed by atoms with Gasteiger partial charge in [0.05, 0.1) is 16.6 Å². The van der Waals surface area contributed by atoms with Gasteiger partial charge < -0.3 is 10.4 Å². The van der Waals surface area contributed by atoms with E-state index in [4.69, 9.17) is 0 Å². The average Bonchev–Trinajstić information content (AvgIpc) is 2.41. The van der Waals surface area contributed by atoms with E-state index in [1.54, 1.807) is 24.3 Å². The summed E-state index contributed by atoms with van der Waals surface area (Å²) in [6, 6.07) is 10.3. The minimum Gasteiger partial charge on any atom is -0.508 e. The predicted molar refractivity (Wildman–Crippen MR) is 76.9 cm³/mol. The highest BCUT2D eigenvalue weighted by Gasteiger charge is 2.18. The van der Waals surface area contributed by atoms with Gasteiger partial charge in [-0.2, -0.15) is 0 Å². The monoisotopic (exact) mass is 336 g/mol. The highest BCUT2D eigenvalue weighted by atomic mass is 79.9. The molecule has 2 aromatic carbocycles. The first-order valence-electron chi connectivity index (χ1n) is 5.52. The van der Waals surface area contributed by atoms with Crippen molar-refractivity contribution in [2.45, 2.75) is 0 Å². The first-order valence-corrected chi connectivity index (χ1v) is 6.31. The molecule has 6 nitrogen and oxygen atoms in total. The first kappa shape index (κ1) is 14.0. The van der Waals surface area contributed by atoms with Gasteiger partial charge in [0, 0.05) is 4.47 Å². The average molecular weight is 337 g/mol. The van der Waals surface area contributed by atoms with Gasteiger partial charge in [0.25, 0.3) is 11.6 Å². The zero-order chi connectivity index (χ0) is 14.7. The molecule has 0 bridgehead atoms. The molecule has 0 saturated heterocycles. The maximum atomic E-state index is 12.1. The molecule has 0 atom stereocenters. The maximum absolute atomic E-state index is 12.1. The van der Waals surface area contributed by atoms with Crippen LogP contribution in [0.3, 0.4) is 0 Å². The smallest absolute Gasteiger partial charge is 0.296 e. The number of nitrogens with zero attached hydrogens (tertiary/aromatic N) is 1. The SMILES string of the molecule is O=C(Nc1ccc(O)cc1[N+](=O)[O-])c1ccccc1Br. The van der Waals surface area contributed by atoms with Gasteiger partial charge in [0.15, 0.2) is 0 Å². The number of aromatic hydroxyl groups is 1. The number of nitrogens with one attached hydrogen (secondary N) is 1. The number of hydrogen-bond acceptors (Lipinski definition) is 4. The normalized spacial score (nSPS) is 10.1. The molecule has 1 amide bonds. The number of rotatable bonds is 3. The number of phenolic OH excluding ortho intramolecular Hbond substituents is 1. The van der Waals surface area contributed by atoms with Gasteiger partial charge in [-0.15, -0.1) is 0 Å². The van der Waals surface area contributed by atoms with Crippen LogP contribution in [0.4, 0.5) is 11.4 Å². The Hall–Kier alpha value is -2.41. The Morgan fingerprint density at radius 2 is 1.95 bits per heavy atom. The van der Waals surface area contributed by atoms with Gasteiger partial charge in [-0.3, -0.25) is 14.9 Å². The van der Waals surface area contributed by atoms with Crippen molar-refractivity contribution in [1.82, 2.24) is 0 Å².